The molecule has 1 aromatic carbocycles. The second-order valence-electron chi connectivity index (χ2n) is 6.03. The molecule has 0 aliphatic carbocycles. The molecule has 0 unspecified atom stereocenters. The number of nitro benzene ring substituents is 1. The summed E-state index contributed by atoms with van der Waals surface area (Å²) in [6.07, 6.45) is 0.498. The van der Waals surface area contributed by atoms with Crippen molar-refractivity contribution in [1.82, 2.24) is 9.88 Å². The van der Waals surface area contributed by atoms with Crippen molar-refractivity contribution in [3.8, 4) is 11.5 Å². The second kappa shape index (κ2) is 7.80. The Labute approximate surface area is 164 Å². The van der Waals surface area contributed by atoms with Gasteiger partial charge in [-0.05, 0) is 0 Å². The molecule has 11 heteroatoms. The van der Waals surface area contributed by atoms with Gasteiger partial charge in [-0.25, -0.2) is 4.98 Å². The third kappa shape index (κ3) is 3.74. The molecule has 0 radical (unpaired) electrons. The fourth-order valence-corrected chi connectivity index (χ4v) is 4.00. The summed E-state index contributed by atoms with van der Waals surface area (Å²) in [5.41, 5.74) is 0.397. The van der Waals surface area contributed by atoms with Crippen LogP contribution in [0.5, 0.6) is 11.5 Å². The summed E-state index contributed by atoms with van der Waals surface area (Å²) in [4.78, 5) is 41.8. The molecule has 0 atom stereocenters. The van der Waals surface area contributed by atoms with Gasteiger partial charge in [0.1, 0.15) is 5.56 Å². The van der Waals surface area contributed by atoms with Crippen molar-refractivity contribution < 1.29 is 24.0 Å². The van der Waals surface area contributed by atoms with E-state index in [4.69, 9.17) is 9.47 Å². The molecule has 0 bridgehead atoms. The maximum absolute atomic E-state index is 13.0. The maximum atomic E-state index is 13.0. The molecule has 1 N–H and O–H groups in total. The van der Waals surface area contributed by atoms with E-state index in [-0.39, 0.29) is 35.2 Å². The van der Waals surface area contributed by atoms with E-state index in [0.29, 0.717) is 18.1 Å². The second-order valence-corrected chi connectivity index (χ2v) is 7.11. The molecule has 0 spiro atoms. The Bertz CT molecular complexity index is 957. The smallest absolute Gasteiger partial charge is 0.286 e. The number of benzene rings is 1. The highest BCUT2D eigenvalue weighted by Gasteiger charge is 2.31. The largest absolute Gasteiger partial charge is 0.493 e. The number of nitrogens with zero attached hydrogens (tertiary/aromatic N) is 3. The minimum atomic E-state index is -0.619. The van der Waals surface area contributed by atoms with E-state index in [1.54, 1.807) is 0 Å². The summed E-state index contributed by atoms with van der Waals surface area (Å²) in [6, 6.07) is 2.51. The van der Waals surface area contributed by atoms with Gasteiger partial charge in [-0.15, -0.1) is 0 Å². The number of nitrogens with one attached hydrogen (secondary N) is 1. The average molecular weight is 406 g/mol. The summed E-state index contributed by atoms with van der Waals surface area (Å²) in [5, 5.41) is 14.6. The summed E-state index contributed by atoms with van der Waals surface area (Å²) in [7, 11) is 2.76. The number of thiazole rings is 1. The number of carbonyl (C=O) groups excluding carboxylic acids is 2. The zero-order chi connectivity index (χ0) is 20.4. The Morgan fingerprint density at radius 3 is 2.57 bits per heavy atom. The van der Waals surface area contributed by atoms with Crippen molar-refractivity contribution in [3.63, 3.8) is 0 Å². The lowest BCUT2D eigenvalue weighted by Crippen LogP contribution is -2.35. The van der Waals surface area contributed by atoms with Crippen LogP contribution in [0.1, 0.15) is 27.9 Å². The molecule has 0 fully saturated rings. The molecule has 0 saturated heterocycles. The fraction of sp³-hybridized carbons (Fsp3) is 0.353. The SMILES string of the molecule is COc1cc(C(=O)N2CCc3nc(NC(C)=O)sc3C2)c([N+](=O)[O-])cc1OC. The third-order valence-corrected chi connectivity index (χ3v) is 5.23. The number of aromatic nitrogens is 1. The van der Waals surface area contributed by atoms with Crippen molar-refractivity contribution in [2.75, 3.05) is 26.1 Å². The van der Waals surface area contributed by atoms with Gasteiger partial charge in [-0.2, -0.15) is 0 Å². The maximum Gasteiger partial charge on any atom is 0.286 e. The van der Waals surface area contributed by atoms with E-state index in [9.17, 15) is 19.7 Å². The Kier molecular flexibility index (Phi) is 5.45. The molecule has 1 aliphatic heterocycles. The van der Waals surface area contributed by atoms with Crippen LogP contribution >= 0.6 is 11.3 Å². The highest BCUT2D eigenvalue weighted by atomic mass is 32.1. The Morgan fingerprint density at radius 1 is 1.29 bits per heavy atom. The molecule has 2 amide bonds. The van der Waals surface area contributed by atoms with E-state index >= 15 is 0 Å². The summed E-state index contributed by atoms with van der Waals surface area (Å²) >= 11 is 1.29. The van der Waals surface area contributed by atoms with Crippen LogP contribution in [0.4, 0.5) is 10.8 Å². The fourth-order valence-electron chi connectivity index (χ4n) is 2.93. The van der Waals surface area contributed by atoms with Gasteiger partial charge in [0, 0.05) is 30.8 Å². The first kappa shape index (κ1) is 19.5. The zero-order valence-electron chi connectivity index (χ0n) is 15.5. The zero-order valence-corrected chi connectivity index (χ0v) is 16.3. The van der Waals surface area contributed by atoms with E-state index in [1.165, 1.54) is 49.5 Å². The van der Waals surface area contributed by atoms with Gasteiger partial charge in [0.05, 0.1) is 37.4 Å². The van der Waals surface area contributed by atoms with Crippen LogP contribution in [0.2, 0.25) is 0 Å². The predicted octanol–water partition coefficient (Wildman–Crippen LogP) is 2.23. The molecule has 1 aliphatic rings. The minimum Gasteiger partial charge on any atom is -0.493 e. The Hall–Kier alpha value is -3.21. The van der Waals surface area contributed by atoms with E-state index in [0.717, 1.165) is 10.6 Å². The number of hydrogen-bond acceptors (Lipinski definition) is 8. The topological polar surface area (TPSA) is 124 Å². The van der Waals surface area contributed by atoms with Crippen molar-refractivity contribution in [1.29, 1.82) is 0 Å². The van der Waals surface area contributed by atoms with Gasteiger partial charge < -0.3 is 19.7 Å². The summed E-state index contributed by atoms with van der Waals surface area (Å²) in [6.45, 7) is 2.02. The highest BCUT2D eigenvalue weighted by Crippen LogP contribution is 2.36. The van der Waals surface area contributed by atoms with Crippen LogP contribution in [-0.4, -0.2) is 47.4 Å². The van der Waals surface area contributed by atoms with Crippen molar-refractivity contribution in [2.24, 2.45) is 0 Å². The number of methoxy groups -OCH3 is 2. The molecule has 1 aromatic heterocycles. The lowest BCUT2D eigenvalue weighted by atomic mass is 10.1. The molecular formula is C17H18N4O6S. The van der Waals surface area contributed by atoms with Crippen molar-refractivity contribution in [3.05, 3.63) is 38.4 Å². The van der Waals surface area contributed by atoms with Crippen molar-refractivity contribution in [2.45, 2.75) is 19.9 Å². The molecular weight excluding hydrogens is 388 g/mol. The standard InChI is InChI=1S/C17H18N4O6S/c1-9(22)18-17-19-11-4-5-20(8-15(11)28-17)16(23)10-6-13(26-2)14(27-3)7-12(10)21(24)25/h6-7H,4-5,8H2,1-3H3,(H,18,19,22). The van der Waals surface area contributed by atoms with E-state index in [2.05, 4.69) is 10.3 Å². The summed E-state index contributed by atoms with van der Waals surface area (Å²) in [5.74, 6) is -0.290. The first-order chi connectivity index (χ1) is 13.3. The number of carbonyl (C=O) groups is 2. The predicted molar refractivity (Wildman–Crippen MR) is 101 cm³/mol. The Morgan fingerprint density at radius 2 is 1.96 bits per heavy atom. The van der Waals surface area contributed by atoms with E-state index in [1.807, 2.05) is 0 Å². The Balaban J connectivity index is 1.91. The third-order valence-electron chi connectivity index (χ3n) is 4.23. The van der Waals surface area contributed by atoms with Gasteiger partial charge in [0.2, 0.25) is 5.91 Å². The number of hydrogen-bond donors (Lipinski definition) is 1. The van der Waals surface area contributed by atoms with Crippen LogP contribution in [0.3, 0.4) is 0 Å². The number of nitro groups is 1. The van der Waals surface area contributed by atoms with Crippen LogP contribution in [0, 0.1) is 10.1 Å². The van der Waals surface area contributed by atoms with Gasteiger partial charge in [-0.3, -0.25) is 19.7 Å². The van der Waals surface area contributed by atoms with Crippen LogP contribution in [0.25, 0.3) is 0 Å². The van der Waals surface area contributed by atoms with Crippen LogP contribution in [-0.2, 0) is 17.8 Å². The lowest BCUT2D eigenvalue weighted by Gasteiger charge is -2.26. The van der Waals surface area contributed by atoms with E-state index < -0.39 is 10.8 Å². The first-order valence-electron chi connectivity index (χ1n) is 8.30. The molecule has 2 heterocycles. The van der Waals surface area contributed by atoms with Gasteiger partial charge >= 0.3 is 0 Å². The molecule has 10 nitrogen and oxygen atoms in total. The number of fused-ring (bicyclic) bond motifs is 1. The van der Waals surface area contributed by atoms with Crippen molar-refractivity contribution >= 4 is 34.0 Å². The van der Waals surface area contributed by atoms with Crippen LogP contribution < -0.4 is 14.8 Å². The number of rotatable bonds is 5. The molecule has 3 rings (SSSR count). The molecule has 28 heavy (non-hydrogen) atoms. The quantitative estimate of drug-likeness (QED) is 0.596. The normalized spacial score (nSPS) is 12.9. The molecule has 0 saturated carbocycles. The van der Waals surface area contributed by atoms with Crippen LogP contribution in [0.15, 0.2) is 12.1 Å². The number of anilines is 1. The summed E-state index contributed by atoms with van der Waals surface area (Å²) < 4.78 is 10.3. The monoisotopic (exact) mass is 406 g/mol. The molecule has 2 aromatic rings. The number of ether oxygens (including phenoxy) is 2. The lowest BCUT2D eigenvalue weighted by molar-refractivity contribution is -0.385. The van der Waals surface area contributed by atoms with Gasteiger partial charge in [-0.1, -0.05) is 11.3 Å². The first-order valence-corrected chi connectivity index (χ1v) is 9.11. The highest BCUT2D eigenvalue weighted by molar-refractivity contribution is 7.15. The minimum absolute atomic E-state index is 0.0716. The van der Waals surface area contributed by atoms with Gasteiger partial charge in [0.15, 0.2) is 16.6 Å². The average Bonchev–Trinajstić information content (AvgIpc) is 3.06. The number of amides is 2. The molecule has 148 valence electrons. The van der Waals surface area contributed by atoms with Gasteiger partial charge in [0.25, 0.3) is 11.6 Å².